The topological polar surface area (TPSA) is 29.5 Å². The molecule has 10 aromatic rings. The van der Waals surface area contributed by atoms with Gasteiger partial charge in [0.25, 0.3) is 0 Å². The molecule has 254 valence electrons. The molecule has 4 heteroatoms. The monoisotopic (exact) mass is 709 g/mol. The number of hydrogen-bond acceptors (Lipinski definition) is 4. The number of anilines is 3. The third-order valence-electron chi connectivity index (χ3n) is 11.7. The normalized spacial score (nSPS) is 13.7. The Bertz CT molecular complexity index is 3140. The Morgan fingerprint density at radius 3 is 1.91 bits per heavy atom. The number of hydrogen-bond donors (Lipinski definition) is 0. The Morgan fingerprint density at radius 2 is 1.11 bits per heavy atom. The molecule has 0 radical (unpaired) electrons. The predicted octanol–water partition coefficient (Wildman–Crippen LogP) is 14.1. The zero-order chi connectivity index (χ0) is 35.5. The maximum absolute atomic E-state index is 6.68. The highest BCUT2D eigenvalue weighted by Crippen LogP contribution is 2.64. The largest absolute Gasteiger partial charge is 0.456 e. The molecular formula is C50H31NO2S. The Kier molecular flexibility index (Phi) is 6.12. The van der Waals surface area contributed by atoms with Crippen molar-refractivity contribution in [1.29, 1.82) is 0 Å². The van der Waals surface area contributed by atoms with E-state index in [9.17, 15) is 0 Å². The minimum Gasteiger partial charge on any atom is -0.456 e. The lowest BCUT2D eigenvalue weighted by molar-refractivity contribution is 0.666. The summed E-state index contributed by atoms with van der Waals surface area (Å²) in [6.07, 6.45) is 0. The summed E-state index contributed by atoms with van der Waals surface area (Å²) in [5.74, 6) is 0. The number of benzene rings is 8. The Morgan fingerprint density at radius 1 is 0.481 bits per heavy atom. The Balaban J connectivity index is 1.18. The highest BCUT2D eigenvalue weighted by atomic mass is 32.2. The fourth-order valence-corrected chi connectivity index (χ4v) is 10.8. The molecule has 0 atom stereocenters. The third kappa shape index (κ3) is 3.88. The van der Waals surface area contributed by atoms with Crippen molar-refractivity contribution in [1.82, 2.24) is 0 Å². The molecule has 8 aromatic carbocycles. The minimum atomic E-state index is -0.513. The summed E-state index contributed by atoms with van der Waals surface area (Å²) in [5, 5.41) is 4.54. The lowest BCUT2D eigenvalue weighted by Gasteiger charge is -2.40. The maximum Gasteiger partial charge on any atom is 0.159 e. The second-order valence-electron chi connectivity index (χ2n) is 14.4. The molecule has 3 nitrogen and oxygen atoms in total. The number of fused-ring (bicyclic) bond motifs is 16. The lowest BCUT2D eigenvalue weighted by atomic mass is 9.67. The molecule has 0 bridgehead atoms. The zero-order valence-electron chi connectivity index (χ0n) is 29.3. The van der Waals surface area contributed by atoms with Gasteiger partial charge >= 0.3 is 0 Å². The predicted molar refractivity (Wildman–Crippen MR) is 222 cm³/mol. The number of aryl methyl sites for hydroxylation is 1. The van der Waals surface area contributed by atoms with Crippen molar-refractivity contribution in [2.24, 2.45) is 0 Å². The van der Waals surface area contributed by atoms with Crippen LogP contribution in [0, 0.1) is 6.92 Å². The van der Waals surface area contributed by atoms with Crippen LogP contribution < -0.4 is 4.90 Å². The van der Waals surface area contributed by atoms with Gasteiger partial charge < -0.3 is 13.7 Å². The van der Waals surface area contributed by atoms with Gasteiger partial charge in [-0.3, -0.25) is 0 Å². The average molecular weight is 710 g/mol. The standard InChI is InChI=1S/C50H31NO2S/c1-30-13-2-9-21-41(30)51(42-22-12-18-35-34-16-5-10-23-43(34)53-48(35)42)31-25-26-39-46(29-31)54-49-40(27-28-45-47(49)36-17-6-11-24-44(36)52-45)50(39)37-19-7-3-14-32(37)33-15-4-8-20-38(33)50/h2-29H,1H3. The third-order valence-corrected chi connectivity index (χ3v) is 12.9. The number of para-hydroxylation sites is 4. The van der Waals surface area contributed by atoms with Gasteiger partial charge in [0, 0.05) is 42.7 Å². The Labute approximate surface area is 316 Å². The molecule has 2 aliphatic rings. The molecule has 0 saturated heterocycles. The van der Waals surface area contributed by atoms with Gasteiger partial charge in [0.2, 0.25) is 0 Å². The van der Waals surface area contributed by atoms with Crippen molar-refractivity contribution in [3.05, 3.63) is 198 Å². The van der Waals surface area contributed by atoms with Gasteiger partial charge in [-0.1, -0.05) is 139 Å². The first kappa shape index (κ1) is 30.0. The van der Waals surface area contributed by atoms with Gasteiger partial charge in [0.15, 0.2) is 5.58 Å². The van der Waals surface area contributed by atoms with Gasteiger partial charge in [0.1, 0.15) is 16.7 Å². The molecule has 0 saturated carbocycles. The molecule has 0 fully saturated rings. The van der Waals surface area contributed by atoms with Crippen molar-refractivity contribution >= 4 is 72.7 Å². The van der Waals surface area contributed by atoms with Gasteiger partial charge in [-0.25, -0.2) is 0 Å². The molecular weight excluding hydrogens is 679 g/mol. The van der Waals surface area contributed by atoms with Gasteiger partial charge in [-0.05, 0) is 88.3 Å². The maximum atomic E-state index is 6.68. The molecule has 0 unspecified atom stereocenters. The Hall–Kier alpha value is -6.49. The first-order valence-corrected chi connectivity index (χ1v) is 19.2. The molecule has 2 aromatic heterocycles. The summed E-state index contributed by atoms with van der Waals surface area (Å²) in [7, 11) is 0. The molecule has 0 N–H and O–H groups in total. The number of nitrogens with zero attached hydrogens (tertiary/aromatic N) is 1. The van der Waals surface area contributed by atoms with E-state index in [2.05, 4.69) is 176 Å². The molecule has 54 heavy (non-hydrogen) atoms. The molecule has 12 rings (SSSR count). The van der Waals surface area contributed by atoms with Crippen LogP contribution in [0.25, 0.3) is 55.0 Å². The molecule has 3 heterocycles. The van der Waals surface area contributed by atoms with Crippen molar-refractivity contribution in [3.63, 3.8) is 0 Å². The summed E-state index contributed by atoms with van der Waals surface area (Å²) < 4.78 is 13.2. The van der Waals surface area contributed by atoms with Crippen molar-refractivity contribution in [2.45, 2.75) is 22.1 Å². The average Bonchev–Trinajstić information content (AvgIpc) is 3.88. The fourth-order valence-electron chi connectivity index (χ4n) is 9.43. The summed E-state index contributed by atoms with van der Waals surface area (Å²) in [6, 6.07) is 61.5. The first-order chi connectivity index (χ1) is 26.7. The lowest BCUT2D eigenvalue weighted by Crippen LogP contribution is -2.32. The molecule has 0 amide bonds. The number of furan rings is 2. The second-order valence-corrected chi connectivity index (χ2v) is 15.5. The van der Waals surface area contributed by atoms with E-state index < -0.39 is 5.41 Å². The van der Waals surface area contributed by atoms with E-state index in [0.29, 0.717) is 0 Å². The molecule has 1 aliphatic carbocycles. The summed E-state index contributed by atoms with van der Waals surface area (Å²) in [6.45, 7) is 2.19. The summed E-state index contributed by atoms with van der Waals surface area (Å²) in [5.41, 5.74) is 15.2. The summed E-state index contributed by atoms with van der Waals surface area (Å²) in [4.78, 5) is 4.85. The molecule has 1 aliphatic heterocycles. The van der Waals surface area contributed by atoms with E-state index in [1.165, 1.54) is 54.1 Å². The van der Waals surface area contributed by atoms with Crippen LogP contribution in [0.1, 0.15) is 27.8 Å². The van der Waals surface area contributed by atoms with E-state index in [1.807, 2.05) is 17.8 Å². The summed E-state index contributed by atoms with van der Waals surface area (Å²) >= 11 is 1.87. The van der Waals surface area contributed by atoms with Crippen LogP contribution in [0.2, 0.25) is 0 Å². The van der Waals surface area contributed by atoms with E-state index >= 15 is 0 Å². The van der Waals surface area contributed by atoms with Gasteiger partial charge in [0.05, 0.1) is 11.1 Å². The van der Waals surface area contributed by atoms with E-state index in [-0.39, 0.29) is 0 Å². The quantitative estimate of drug-likeness (QED) is 0.183. The highest BCUT2D eigenvalue weighted by Gasteiger charge is 2.50. The van der Waals surface area contributed by atoms with Crippen molar-refractivity contribution in [3.8, 4) is 11.1 Å². The second kappa shape index (κ2) is 11.0. The van der Waals surface area contributed by atoms with Crippen LogP contribution >= 0.6 is 11.8 Å². The highest BCUT2D eigenvalue weighted by molar-refractivity contribution is 7.99. The van der Waals surface area contributed by atoms with Crippen LogP contribution in [0.3, 0.4) is 0 Å². The minimum absolute atomic E-state index is 0.513. The van der Waals surface area contributed by atoms with Crippen LogP contribution in [0.15, 0.2) is 188 Å². The zero-order valence-corrected chi connectivity index (χ0v) is 30.2. The van der Waals surface area contributed by atoms with Crippen molar-refractivity contribution < 1.29 is 8.83 Å². The van der Waals surface area contributed by atoms with Crippen LogP contribution in [0.4, 0.5) is 17.1 Å². The van der Waals surface area contributed by atoms with Crippen molar-refractivity contribution in [2.75, 3.05) is 4.90 Å². The van der Waals surface area contributed by atoms with Crippen LogP contribution in [-0.2, 0) is 5.41 Å². The van der Waals surface area contributed by atoms with E-state index in [1.54, 1.807) is 0 Å². The fraction of sp³-hybridized carbons (Fsp3) is 0.0400. The van der Waals surface area contributed by atoms with E-state index in [4.69, 9.17) is 8.83 Å². The first-order valence-electron chi connectivity index (χ1n) is 18.4. The van der Waals surface area contributed by atoms with Gasteiger partial charge in [-0.15, -0.1) is 0 Å². The SMILES string of the molecule is Cc1ccccc1N(c1ccc2c(c1)Sc1c(ccc3oc4ccccc4c13)C21c2ccccc2-c2ccccc21)c1cccc2c1oc1ccccc12. The number of rotatable bonds is 3. The van der Waals surface area contributed by atoms with Crippen LogP contribution in [0.5, 0.6) is 0 Å². The smallest absolute Gasteiger partial charge is 0.159 e. The van der Waals surface area contributed by atoms with Crippen LogP contribution in [-0.4, -0.2) is 0 Å². The van der Waals surface area contributed by atoms with Gasteiger partial charge in [-0.2, -0.15) is 0 Å². The van der Waals surface area contributed by atoms with E-state index in [0.717, 1.165) is 55.6 Å². The molecule has 1 spiro atoms.